The van der Waals surface area contributed by atoms with Crippen molar-refractivity contribution < 1.29 is 14.3 Å². The zero-order valence-corrected chi connectivity index (χ0v) is 13.9. The molecule has 1 unspecified atom stereocenters. The molecule has 0 spiro atoms. The van der Waals surface area contributed by atoms with Crippen LogP contribution in [-0.4, -0.2) is 43.4 Å². The summed E-state index contributed by atoms with van der Waals surface area (Å²) >= 11 is 1.45. The van der Waals surface area contributed by atoms with E-state index < -0.39 is 0 Å². The first-order valence-corrected chi connectivity index (χ1v) is 8.68. The molecule has 0 saturated carbocycles. The van der Waals surface area contributed by atoms with Crippen LogP contribution in [0.4, 0.5) is 0 Å². The molecule has 1 fully saturated rings. The first kappa shape index (κ1) is 16.1. The molecule has 1 atom stereocenters. The number of nitrogens with one attached hydrogen (secondary N) is 1. The molecule has 122 valence electrons. The van der Waals surface area contributed by atoms with Crippen LogP contribution >= 0.6 is 11.3 Å². The molecular weight excluding hydrogens is 312 g/mol. The number of rotatable bonds is 5. The van der Waals surface area contributed by atoms with Gasteiger partial charge in [0.2, 0.25) is 0 Å². The molecule has 1 aromatic carbocycles. The van der Waals surface area contributed by atoms with Crippen LogP contribution in [0.1, 0.15) is 23.0 Å². The van der Waals surface area contributed by atoms with Gasteiger partial charge in [0.05, 0.1) is 19.3 Å². The van der Waals surface area contributed by atoms with Crippen LogP contribution in [0.2, 0.25) is 0 Å². The lowest BCUT2D eigenvalue weighted by molar-refractivity contribution is 0.0292. The number of hydrogen-bond acceptors (Lipinski definition) is 6. The lowest BCUT2D eigenvalue weighted by atomic mass is 10.1. The number of carbonyl (C=O) groups is 1. The number of benzene rings is 1. The Kier molecular flexibility index (Phi) is 5.38. The Morgan fingerprint density at radius 3 is 2.96 bits per heavy atom. The molecule has 2 aromatic rings. The Morgan fingerprint density at radius 1 is 1.43 bits per heavy atom. The van der Waals surface area contributed by atoms with E-state index in [0.717, 1.165) is 36.7 Å². The predicted octanol–water partition coefficient (Wildman–Crippen LogP) is 2.52. The molecule has 0 amide bonds. The Morgan fingerprint density at radius 2 is 2.26 bits per heavy atom. The smallest absolute Gasteiger partial charge is 0.357 e. The van der Waals surface area contributed by atoms with Gasteiger partial charge >= 0.3 is 5.97 Å². The third-order valence-electron chi connectivity index (χ3n) is 3.66. The average Bonchev–Trinajstić information content (AvgIpc) is 3.07. The Bertz CT molecular complexity index is 648. The highest BCUT2D eigenvalue weighted by Gasteiger charge is 2.15. The van der Waals surface area contributed by atoms with E-state index in [0.29, 0.717) is 12.3 Å². The van der Waals surface area contributed by atoms with Crippen molar-refractivity contribution >= 4 is 17.3 Å². The van der Waals surface area contributed by atoms with Crippen LogP contribution in [0.3, 0.4) is 0 Å². The summed E-state index contributed by atoms with van der Waals surface area (Å²) in [5.74, 6) is -0.367. The maximum Gasteiger partial charge on any atom is 0.357 e. The van der Waals surface area contributed by atoms with Crippen LogP contribution in [0.25, 0.3) is 10.6 Å². The SMILES string of the molecule is CCOC(=O)c1csc(-c2ccc(CC3CNCCO3)cc2)n1. The van der Waals surface area contributed by atoms with E-state index in [2.05, 4.69) is 22.4 Å². The van der Waals surface area contributed by atoms with E-state index in [1.54, 1.807) is 12.3 Å². The molecule has 1 aromatic heterocycles. The van der Waals surface area contributed by atoms with E-state index in [-0.39, 0.29) is 12.1 Å². The molecule has 1 aliphatic heterocycles. The van der Waals surface area contributed by atoms with Crippen LogP contribution in [0.15, 0.2) is 29.6 Å². The zero-order valence-electron chi connectivity index (χ0n) is 13.1. The summed E-state index contributed by atoms with van der Waals surface area (Å²) in [6, 6.07) is 8.27. The fraction of sp³-hybridized carbons (Fsp3) is 0.412. The summed E-state index contributed by atoms with van der Waals surface area (Å²) in [7, 11) is 0. The number of morpholine rings is 1. The summed E-state index contributed by atoms with van der Waals surface area (Å²) in [5.41, 5.74) is 2.62. The van der Waals surface area contributed by atoms with E-state index in [4.69, 9.17) is 9.47 Å². The van der Waals surface area contributed by atoms with Gasteiger partial charge in [0.25, 0.3) is 0 Å². The van der Waals surface area contributed by atoms with Crippen molar-refractivity contribution in [3.8, 4) is 10.6 Å². The van der Waals surface area contributed by atoms with Gasteiger partial charge in [-0.3, -0.25) is 0 Å². The van der Waals surface area contributed by atoms with Crippen molar-refractivity contribution in [1.29, 1.82) is 0 Å². The molecule has 2 heterocycles. The van der Waals surface area contributed by atoms with Gasteiger partial charge in [0.1, 0.15) is 5.01 Å². The van der Waals surface area contributed by atoms with Gasteiger partial charge in [-0.2, -0.15) is 0 Å². The quantitative estimate of drug-likeness (QED) is 0.853. The second kappa shape index (κ2) is 7.68. The summed E-state index contributed by atoms with van der Waals surface area (Å²) in [4.78, 5) is 16.0. The predicted molar refractivity (Wildman–Crippen MR) is 89.8 cm³/mol. The van der Waals surface area contributed by atoms with Gasteiger partial charge in [-0.1, -0.05) is 24.3 Å². The monoisotopic (exact) mass is 332 g/mol. The first-order chi connectivity index (χ1) is 11.3. The molecule has 0 aliphatic carbocycles. The lowest BCUT2D eigenvalue weighted by Crippen LogP contribution is -2.39. The number of ether oxygens (including phenoxy) is 2. The molecule has 0 radical (unpaired) electrons. The van der Waals surface area contributed by atoms with Crippen molar-refractivity contribution in [2.75, 3.05) is 26.3 Å². The number of carbonyl (C=O) groups excluding carboxylic acids is 1. The molecule has 1 aliphatic rings. The highest BCUT2D eigenvalue weighted by atomic mass is 32.1. The van der Waals surface area contributed by atoms with Gasteiger partial charge in [-0.05, 0) is 18.9 Å². The number of nitrogens with zero attached hydrogens (tertiary/aromatic N) is 1. The van der Waals surface area contributed by atoms with E-state index >= 15 is 0 Å². The summed E-state index contributed by atoms with van der Waals surface area (Å²) in [6.45, 7) is 4.76. The molecule has 5 nitrogen and oxygen atoms in total. The van der Waals surface area contributed by atoms with Gasteiger partial charge in [-0.25, -0.2) is 9.78 Å². The van der Waals surface area contributed by atoms with Crippen LogP contribution in [-0.2, 0) is 15.9 Å². The Balaban J connectivity index is 1.66. The van der Waals surface area contributed by atoms with E-state index in [1.807, 2.05) is 12.1 Å². The number of esters is 1. The number of aromatic nitrogens is 1. The topological polar surface area (TPSA) is 60.5 Å². The van der Waals surface area contributed by atoms with Crippen molar-refractivity contribution in [3.05, 3.63) is 40.9 Å². The maximum absolute atomic E-state index is 11.7. The van der Waals surface area contributed by atoms with Gasteiger partial charge in [0, 0.05) is 24.0 Å². The third-order valence-corrected chi connectivity index (χ3v) is 4.55. The third kappa shape index (κ3) is 4.16. The van der Waals surface area contributed by atoms with Crippen LogP contribution < -0.4 is 5.32 Å². The van der Waals surface area contributed by atoms with Crippen LogP contribution in [0, 0.1) is 0 Å². The minimum absolute atomic E-state index is 0.241. The maximum atomic E-state index is 11.7. The summed E-state index contributed by atoms with van der Waals surface area (Å²) in [5, 5.41) is 5.91. The minimum atomic E-state index is -0.367. The largest absolute Gasteiger partial charge is 0.461 e. The second-order valence-electron chi connectivity index (χ2n) is 5.36. The fourth-order valence-electron chi connectivity index (χ4n) is 2.50. The minimum Gasteiger partial charge on any atom is -0.461 e. The summed E-state index contributed by atoms with van der Waals surface area (Å²) in [6.07, 6.45) is 1.14. The first-order valence-electron chi connectivity index (χ1n) is 7.80. The average molecular weight is 332 g/mol. The second-order valence-corrected chi connectivity index (χ2v) is 6.21. The van der Waals surface area contributed by atoms with E-state index in [1.165, 1.54) is 16.9 Å². The highest BCUT2D eigenvalue weighted by Crippen LogP contribution is 2.24. The molecule has 0 bridgehead atoms. The van der Waals surface area contributed by atoms with Crippen molar-refractivity contribution in [2.45, 2.75) is 19.4 Å². The van der Waals surface area contributed by atoms with Gasteiger partial charge < -0.3 is 14.8 Å². The molecular formula is C17H20N2O3S. The van der Waals surface area contributed by atoms with Gasteiger partial charge in [0.15, 0.2) is 5.69 Å². The molecule has 1 N–H and O–H groups in total. The molecule has 3 rings (SSSR count). The van der Waals surface area contributed by atoms with Crippen molar-refractivity contribution in [1.82, 2.24) is 10.3 Å². The molecule has 1 saturated heterocycles. The fourth-order valence-corrected chi connectivity index (χ4v) is 3.30. The van der Waals surface area contributed by atoms with Crippen molar-refractivity contribution in [3.63, 3.8) is 0 Å². The lowest BCUT2D eigenvalue weighted by Gasteiger charge is -2.23. The van der Waals surface area contributed by atoms with Gasteiger partial charge in [-0.15, -0.1) is 11.3 Å². The Hall–Kier alpha value is -1.76. The van der Waals surface area contributed by atoms with Crippen molar-refractivity contribution in [2.24, 2.45) is 0 Å². The Labute approximate surface area is 139 Å². The number of thiazole rings is 1. The highest BCUT2D eigenvalue weighted by molar-refractivity contribution is 7.13. The number of hydrogen-bond donors (Lipinski definition) is 1. The zero-order chi connectivity index (χ0) is 16.1. The van der Waals surface area contributed by atoms with E-state index in [9.17, 15) is 4.79 Å². The molecule has 23 heavy (non-hydrogen) atoms. The summed E-state index contributed by atoms with van der Waals surface area (Å²) < 4.78 is 10.7. The standard InChI is InChI=1S/C17H20N2O3S/c1-2-21-17(20)15-11-23-16(19-15)13-5-3-12(4-6-13)9-14-10-18-7-8-22-14/h3-6,11,14,18H,2,7-10H2,1H3. The normalized spacial score (nSPS) is 17.9. The molecule has 6 heteroatoms. The van der Waals surface area contributed by atoms with Crippen LogP contribution in [0.5, 0.6) is 0 Å².